The van der Waals surface area contributed by atoms with Gasteiger partial charge < -0.3 is 25.5 Å². The number of aliphatic hydroxyl groups excluding tert-OH is 1. The monoisotopic (exact) mass is 518 g/mol. The molecule has 1 fully saturated rings. The number of likely N-dealkylation sites (N-methyl/N-ethyl adjacent to an activating group) is 1. The molecule has 0 aliphatic carbocycles. The van der Waals surface area contributed by atoms with Gasteiger partial charge in [-0.05, 0) is 49.7 Å². The van der Waals surface area contributed by atoms with Gasteiger partial charge >= 0.3 is 0 Å². The molecular formula is C26H39ClN6O3. The summed E-state index contributed by atoms with van der Waals surface area (Å²) in [6, 6.07) is 0. The molecule has 2 amide bonds. The van der Waals surface area contributed by atoms with E-state index < -0.39 is 0 Å². The third kappa shape index (κ3) is 8.82. The molecule has 1 aromatic rings. The highest BCUT2D eigenvalue weighted by Crippen LogP contribution is 2.28. The minimum absolute atomic E-state index is 0.0736. The molecule has 9 nitrogen and oxygen atoms in total. The van der Waals surface area contributed by atoms with E-state index in [1.54, 1.807) is 37.0 Å². The van der Waals surface area contributed by atoms with Crippen molar-refractivity contribution in [2.45, 2.75) is 13.8 Å². The SMILES string of the molecule is C=CC(=C(Cl)\C=C(/C)O)/C(=C/n1c(C(=O)N2CCN(C)CC2)cnc1C=C)C(C)CN.CN(C)C=O. The smallest absolute Gasteiger partial charge is 0.272 e. The first kappa shape index (κ1) is 30.9. The van der Waals surface area contributed by atoms with Gasteiger partial charge in [-0.15, -0.1) is 0 Å². The highest BCUT2D eigenvalue weighted by Gasteiger charge is 2.25. The zero-order valence-electron chi connectivity index (χ0n) is 21.9. The molecule has 1 unspecified atom stereocenters. The Bertz CT molecular complexity index is 1010. The number of carbonyl (C=O) groups excluding carboxylic acids is 2. The van der Waals surface area contributed by atoms with Crippen LogP contribution < -0.4 is 5.73 Å². The Morgan fingerprint density at radius 3 is 2.33 bits per heavy atom. The standard InChI is InChI=1S/C23H32ClN5O2.C3H7NO/c1-6-18(20(24)12-17(4)30)19(16(3)13-25)15-29-21(14-26-22(29)7-2)23(31)28-10-8-27(5)9-11-28;1-4(2)3-5/h6-7,12,14-16,30H,1-2,8-11,13,25H2,3-5H3;3H,1-2H3/b17-12+,19-15+,20-18-;. The van der Waals surface area contributed by atoms with Gasteiger partial charge in [-0.25, -0.2) is 4.98 Å². The van der Waals surface area contributed by atoms with Crippen LogP contribution in [0, 0.1) is 5.92 Å². The first-order valence-electron chi connectivity index (χ1n) is 11.6. The lowest BCUT2D eigenvalue weighted by atomic mass is 9.93. The minimum atomic E-state index is -0.0965. The summed E-state index contributed by atoms with van der Waals surface area (Å²) < 4.78 is 1.72. The molecule has 1 aliphatic heterocycles. The van der Waals surface area contributed by atoms with Gasteiger partial charge in [0.2, 0.25) is 6.41 Å². The lowest BCUT2D eigenvalue weighted by Gasteiger charge is -2.32. The Morgan fingerprint density at radius 1 is 1.31 bits per heavy atom. The van der Waals surface area contributed by atoms with Crippen LogP contribution in [-0.2, 0) is 4.79 Å². The van der Waals surface area contributed by atoms with Crippen LogP contribution in [0.3, 0.4) is 0 Å². The van der Waals surface area contributed by atoms with Crippen LogP contribution in [0.5, 0.6) is 0 Å². The number of imidazole rings is 1. The van der Waals surface area contributed by atoms with E-state index in [1.807, 2.05) is 25.1 Å². The Hall–Kier alpha value is -3.14. The molecule has 0 aromatic carbocycles. The van der Waals surface area contributed by atoms with Gasteiger partial charge in [0.15, 0.2) is 0 Å². The average Bonchev–Trinajstić information content (AvgIpc) is 3.25. The van der Waals surface area contributed by atoms with Gasteiger partial charge in [-0.3, -0.25) is 14.2 Å². The van der Waals surface area contributed by atoms with Gasteiger partial charge in [-0.1, -0.05) is 37.8 Å². The van der Waals surface area contributed by atoms with Crippen LogP contribution >= 0.6 is 11.6 Å². The van der Waals surface area contributed by atoms with Crippen molar-refractivity contribution in [1.29, 1.82) is 0 Å². The Morgan fingerprint density at radius 2 is 1.89 bits per heavy atom. The normalized spacial score (nSPS) is 16.4. The summed E-state index contributed by atoms with van der Waals surface area (Å²) in [5, 5.41) is 9.97. The van der Waals surface area contributed by atoms with Crippen LogP contribution in [-0.4, -0.2) is 95.5 Å². The molecule has 2 heterocycles. The number of rotatable bonds is 9. The number of hydrogen-bond acceptors (Lipinski definition) is 6. The first-order chi connectivity index (χ1) is 17.0. The van der Waals surface area contributed by atoms with Crippen molar-refractivity contribution < 1.29 is 14.7 Å². The van der Waals surface area contributed by atoms with Crippen molar-refractivity contribution in [1.82, 2.24) is 24.3 Å². The summed E-state index contributed by atoms with van der Waals surface area (Å²) in [4.78, 5) is 32.5. The van der Waals surface area contributed by atoms with E-state index in [2.05, 4.69) is 23.0 Å². The minimum Gasteiger partial charge on any atom is -0.513 e. The highest BCUT2D eigenvalue weighted by molar-refractivity contribution is 6.32. The largest absolute Gasteiger partial charge is 0.513 e. The summed E-state index contributed by atoms with van der Waals surface area (Å²) in [6.45, 7) is 14.5. The maximum absolute atomic E-state index is 13.3. The number of hydrogen-bond donors (Lipinski definition) is 2. The maximum Gasteiger partial charge on any atom is 0.272 e. The summed E-state index contributed by atoms with van der Waals surface area (Å²) in [6.07, 6.45) is 8.79. The van der Waals surface area contributed by atoms with E-state index in [-0.39, 0.29) is 17.6 Å². The molecule has 0 bridgehead atoms. The Balaban J connectivity index is 0.00000118. The summed E-state index contributed by atoms with van der Waals surface area (Å²) in [5.41, 5.74) is 7.80. The fourth-order valence-electron chi connectivity index (χ4n) is 3.33. The van der Waals surface area contributed by atoms with Crippen LogP contribution in [0.15, 0.2) is 53.4 Å². The number of aliphatic hydroxyl groups is 1. The van der Waals surface area contributed by atoms with E-state index in [9.17, 15) is 14.7 Å². The molecule has 1 atom stereocenters. The molecule has 1 saturated heterocycles. The van der Waals surface area contributed by atoms with E-state index in [1.165, 1.54) is 17.9 Å². The number of halogens is 1. The Kier molecular flexibility index (Phi) is 12.9. The third-order valence-corrected chi connectivity index (χ3v) is 5.80. The molecule has 10 heteroatoms. The van der Waals surface area contributed by atoms with Gasteiger partial charge in [0.05, 0.1) is 17.0 Å². The van der Waals surface area contributed by atoms with E-state index in [4.69, 9.17) is 17.3 Å². The fourth-order valence-corrected chi connectivity index (χ4v) is 3.68. The number of allylic oxidation sites excluding steroid dienone is 5. The predicted molar refractivity (Wildman–Crippen MR) is 147 cm³/mol. The predicted octanol–water partition coefficient (Wildman–Crippen LogP) is 3.19. The number of nitrogens with two attached hydrogens (primary N) is 1. The lowest BCUT2D eigenvalue weighted by Crippen LogP contribution is -2.47. The second-order valence-corrected chi connectivity index (χ2v) is 9.12. The second kappa shape index (κ2) is 15.1. The molecule has 198 valence electrons. The van der Waals surface area contributed by atoms with Crippen molar-refractivity contribution in [2.24, 2.45) is 11.7 Å². The maximum atomic E-state index is 13.3. The van der Waals surface area contributed by atoms with Gasteiger partial charge in [-0.2, -0.15) is 0 Å². The number of carbonyl (C=O) groups is 2. The zero-order chi connectivity index (χ0) is 27.4. The summed E-state index contributed by atoms with van der Waals surface area (Å²) in [5.74, 6) is 0.420. The van der Waals surface area contributed by atoms with E-state index >= 15 is 0 Å². The third-order valence-electron chi connectivity index (χ3n) is 5.49. The van der Waals surface area contributed by atoms with Crippen molar-refractivity contribution in [3.63, 3.8) is 0 Å². The quantitative estimate of drug-likeness (QED) is 0.295. The lowest BCUT2D eigenvalue weighted by molar-refractivity contribution is -0.115. The fraction of sp³-hybridized carbons (Fsp3) is 0.423. The van der Waals surface area contributed by atoms with Crippen molar-refractivity contribution >= 4 is 36.2 Å². The average molecular weight is 519 g/mol. The Labute approximate surface area is 219 Å². The van der Waals surface area contributed by atoms with Crippen LogP contribution in [0.1, 0.15) is 30.2 Å². The van der Waals surface area contributed by atoms with Crippen LogP contribution in [0.25, 0.3) is 12.3 Å². The van der Waals surface area contributed by atoms with Crippen molar-refractivity contribution in [2.75, 3.05) is 53.9 Å². The van der Waals surface area contributed by atoms with E-state index in [0.29, 0.717) is 41.8 Å². The van der Waals surface area contributed by atoms with Crippen LogP contribution in [0.4, 0.5) is 0 Å². The molecule has 1 aliphatic rings. The number of piperazine rings is 1. The number of nitrogens with zero attached hydrogens (tertiary/aromatic N) is 5. The first-order valence-corrected chi connectivity index (χ1v) is 12.0. The second-order valence-electron chi connectivity index (χ2n) is 8.71. The van der Waals surface area contributed by atoms with Crippen molar-refractivity contribution in [3.05, 3.63) is 65.0 Å². The molecular weight excluding hydrogens is 480 g/mol. The number of amides is 2. The molecule has 0 saturated carbocycles. The van der Waals surface area contributed by atoms with E-state index in [0.717, 1.165) is 25.1 Å². The molecule has 2 rings (SSSR count). The molecule has 36 heavy (non-hydrogen) atoms. The van der Waals surface area contributed by atoms with Crippen LogP contribution in [0.2, 0.25) is 0 Å². The molecule has 3 N–H and O–H groups in total. The summed E-state index contributed by atoms with van der Waals surface area (Å²) in [7, 11) is 5.42. The van der Waals surface area contributed by atoms with Gasteiger partial charge in [0.1, 0.15) is 11.5 Å². The molecule has 1 aromatic heterocycles. The molecule has 0 radical (unpaired) electrons. The molecule has 0 spiro atoms. The van der Waals surface area contributed by atoms with Gasteiger partial charge in [0, 0.05) is 46.5 Å². The zero-order valence-corrected chi connectivity index (χ0v) is 22.7. The number of aromatic nitrogens is 2. The summed E-state index contributed by atoms with van der Waals surface area (Å²) >= 11 is 6.45. The highest BCUT2D eigenvalue weighted by atomic mass is 35.5. The topological polar surface area (TPSA) is 108 Å². The van der Waals surface area contributed by atoms with Crippen molar-refractivity contribution in [3.8, 4) is 0 Å². The van der Waals surface area contributed by atoms with Gasteiger partial charge in [0.25, 0.3) is 5.91 Å².